The van der Waals surface area contributed by atoms with Crippen LogP contribution in [0.15, 0.2) is 47.0 Å². The van der Waals surface area contributed by atoms with E-state index in [4.69, 9.17) is 30.5 Å². The Kier molecular flexibility index (Phi) is 10.5. The average Bonchev–Trinajstić information content (AvgIpc) is 3.44. The topological polar surface area (TPSA) is 134 Å². The first-order valence-electron chi connectivity index (χ1n) is 18.0. The Morgan fingerprint density at radius 3 is 2.64 bits per heavy atom. The molecule has 2 aliphatic heterocycles. The minimum Gasteiger partial charge on any atom is -0.490 e. The molecule has 12 nitrogen and oxygen atoms in total. The number of hydrogen-bond donors (Lipinski definition) is 1. The molecule has 2 aliphatic carbocycles. The van der Waals surface area contributed by atoms with Crippen LogP contribution in [0.1, 0.15) is 64.4 Å². The van der Waals surface area contributed by atoms with E-state index in [1.165, 1.54) is 36.2 Å². The molecule has 0 saturated heterocycles. The molecule has 3 aromatic rings. The van der Waals surface area contributed by atoms with Gasteiger partial charge in [-0.25, -0.2) is 4.21 Å². The van der Waals surface area contributed by atoms with E-state index in [2.05, 4.69) is 43.1 Å². The summed E-state index contributed by atoms with van der Waals surface area (Å²) in [6, 6.07) is 11.4. The monoisotopic (exact) mass is 763 g/mol. The molecule has 2 aromatic carbocycles. The van der Waals surface area contributed by atoms with Crippen molar-refractivity contribution in [2.45, 2.75) is 56.7 Å². The summed E-state index contributed by atoms with van der Waals surface area (Å²) >= 11 is 6.46. The predicted octanol–water partition coefficient (Wildman–Crippen LogP) is 5.22. The van der Waals surface area contributed by atoms with Gasteiger partial charge in [0, 0.05) is 68.4 Å². The molecule has 0 radical (unpaired) electrons. The van der Waals surface area contributed by atoms with Gasteiger partial charge in [0.15, 0.2) is 0 Å². The Hall–Kier alpha value is -4.09. The molecular weight excluding hydrogens is 718 g/mol. The quantitative estimate of drug-likeness (QED) is 0.348. The lowest BCUT2D eigenvalue weighted by Gasteiger charge is -2.45. The van der Waals surface area contributed by atoms with Crippen molar-refractivity contribution in [3.63, 3.8) is 0 Å². The number of aryl methyl sites for hydroxylation is 2. The van der Waals surface area contributed by atoms with E-state index in [0.29, 0.717) is 25.4 Å². The molecule has 1 saturated carbocycles. The second-order valence-electron chi connectivity index (χ2n) is 14.7. The molecule has 3 heterocycles. The van der Waals surface area contributed by atoms with Gasteiger partial charge in [-0.15, -0.1) is 9.46 Å². The van der Waals surface area contributed by atoms with Crippen molar-refractivity contribution in [1.29, 1.82) is 0 Å². The maximum atomic E-state index is 14.7. The number of carbonyl (C=O) groups is 2. The van der Waals surface area contributed by atoms with Crippen molar-refractivity contribution < 1.29 is 32.7 Å². The summed E-state index contributed by atoms with van der Waals surface area (Å²) in [5, 5.41) is 4.86. The number of ether oxygens (including phenoxy) is 4. The van der Waals surface area contributed by atoms with Gasteiger partial charge in [-0.1, -0.05) is 36.4 Å². The van der Waals surface area contributed by atoms with Gasteiger partial charge in [0.05, 0.1) is 25.2 Å². The summed E-state index contributed by atoms with van der Waals surface area (Å²) < 4.78 is 46.7. The number of amides is 2. The zero-order valence-electron chi connectivity index (χ0n) is 30.7. The number of fused-ring (bicyclic) bond motifs is 4. The molecular formula is C39H46ClN5O7S. The van der Waals surface area contributed by atoms with Gasteiger partial charge in [-0.2, -0.15) is 0 Å². The zero-order valence-corrected chi connectivity index (χ0v) is 32.3. The van der Waals surface area contributed by atoms with Crippen molar-refractivity contribution in [2.75, 3.05) is 51.7 Å². The SMILES string of the molecule is COc1nn(C)cc1C(=O)NS1(=O)=NC(=O)c2ccc3c(c2)N(C[C@@H]2CC[C@H]2[C@@H](OC)C#C[C@H](OC)[C@H](C)C1)C[C@@]1(CCCc2cc(Cl)ccc21)CO3. The number of halogens is 1. The van der Waals surface area contributed by atoms with Gasteiger partial charge in [-0.05, 0) is 79.5 Å². The molecule has 7 atom stereocenters. The third-order valence-electron chi connectivity index (χ3n) is 11.2. The number of aromatic nitrogens is 2. The van der Waals surface area contributed by atoms with Crippen molar-refractivity contribution in [3.8, 4) is 23.5 Å². The number of benzene rings is 2. The fourth-order valence-corrected chi connectivity index (χ4v) is 10.5. The number of nitrogens with one attached hydrogen (secondary N) is 1. The second-order valence-corrected chi connectivity index (χ2v) is 17.2. The van der Waals surface area contributed by atoms with Crippen LogP contribution >= 0.6 is 11.6 Å². The van der Waals surface area contributed by atoms with Gasteiger partial charge < -0.3 is 23.8 Å². The van der Waals surface area contributed by atoms with E-state index in [0.717, 1.165) is 42.8 Å². The minimum absolute atomic E-state index is 0.0495. The van der Waals surface area contributed by atoms with Gasteiger partial charge in [-0.3, -0.25) is 19.0 Å². The highest BCUT2D eigenvalue weighted by Crippen LogP contribution is 2.47. The van der Waals surface area contributed by atoms with Crippen LogP contribution in [-0.2, 0) is 38.3 Å². The first kappa shape index (κ1) is 37.2. The third-order valence-corrected chi connectivity index (χ3v) is 13.4. The van der Waals surface area contributed by atoms with Crippen LogP contribution in [0.25, 0.3) is 0 Å². The fourth-order valence-electron chi connectivity index (χ4n) is 8.40. The number of anilines is 1. The molecule has 4 aliphatic rings. The Bertz CT molecular complexity index is 2100. The number of hydrogen-bond acceptors (Lipinski definition) is 9. The lowest BCUT2D eigenvalue weighted by Crippen LogP contribution is -2.49. The van der Waals surface area contributed by atoms with Gasteiger partial charge in [0.1, 0.15) is 33.4 Å². The van der Waals surface area contributed by atoms with Crippen LogP contribution < -0.4 is 19.1 Å². The molecule has 2 bridgehead atoms. The molecule has 1 fully saturated rings. The van der Waals surface area contributed by atoms with Crippen LogP contribution in [0.3, 0.4) is 0 Å². The summed E-state index contributed by atoms with van der Waals surface area (Å²) in [7, 11) is 2.48. The van der Waals surface area contributed by atoms with Crippen molar-refractivity contribution in [3.05, 3.63) is 69.9 Å². The summed E-state index contributed by atoms with van der Waals surface area (Å²) in [6.45, 7) is 3.64. The van der Waals surface area contributed by atoms with Crippen molar-refractivity contribution in [1.82, 2.24) is 14.5 Å². The second kappa shape index (κ2) is 15.0. The van der Waals surface area contributed by atoms with Crippen molar-refractivity contribution in [2.24, 2.45) is 29.2 Å². The van der Waals surface area contributed by atoms with Gasteiger partial charge in [0.25, 0.3) is 11.8 Å². The zero-order chi connectivity index (χ0) is 37.5. The van der Waals surface area contributed by atoms with Crippen LogP contribution in [0, 0.1) is 29.6 Å². The lowest BCUT2D eigenvalue weighted by atomic mass is 9.68. The summed E-state index contributed by atoms with van der Waals surface area (Å²) in [5.74, 6) is 5.53. The minimum atomic E-state index is -3.75. The van der Waals surface area contributed by atoms with Crippen LogP contribution in [0.4, 0.5) is 5.69 Å². The molecule has 1 unspecified atom stereocenters. The fraction of sp³-hybridized carbons (Fsp3) is 0.513. The van der Waals surface area contributed by atoms with E-state index in [1.54, 1.807) is 39.3 Å². The van der Waals surface area contributed by atoms with E-state index in [-0.39, 0.29) is 46.1 Å². The molecule has 1 aromatic heterocycles. The van der Waals surface area contributed by atoms with Crippen LogP contribution in [0.5, 0.6) is 11.6 Å². The Morgan fingerprint density at radius 1 is 1.11 bits per heavy atom. The highest BCUT2D eigenvalue weighted by atomic mass is 35.5. The van der Waals surface area contributed by atoms with E-state index in [9.17, 15) is 13.8 Å². The highest BCUT2D eigenvalue weighted by Gasteiger charge is 2.44. The number of methoxy groups -OCH3 is 3. The Balaban J connectivity index is 1.33. The average molecular weight is 764 g/mol. The van der Waals surface area contributed by atoms with Gasteiger partial charge in [0.2, 0.25) is 5.88 Å². The molecule has 1 spiro atoms. The summed E-state index contributed by atoms with van der Waals surface area (Å²) in [6.07, 6.45) is 5.29. The first-order valence-corrected chi connectivity index (χ1v) is 20.1. The number of carbonyl (C=O) groups excluding carboxylic acids is 2. The van der Waals surface area contributed by atoms with Crippen LogP contribution in [-0.4, -0.2) is 84.8 Å². The maximum Gasteiger partial charge on any atom is 0.286 e. The van der Waals surface area contributed by atoms with E-state index >= 15 is 0 Å². The molecule has 2 amide bonds. The molecule has 14 heteroatoms. The highest BCUT2D eigenvalue weighted by molar-refractivity contribution is 7.92. The van der Waals surface area contributed by atoms with Crippen molar-refractivity contribution >= 4 is 39.0 Å². The molecule has 282 valence electrons. The molecule has 1 N–H and O–H groups in total. The Labute approximate surface area is 316 Å². The normalized spacial score (nSPS) is 29.6. The number of nitrogens with zero attached hydrogens (tertiary/aromatic N) is 4. The number of rotatable bonds is 5. The lowest BCUT2D eigenvalue weighted by molar-refractivity contribution is 0.0185. The summed E-state index contributed by atoms with van der Waals surface area (Å²) in [4.78, 5) is 30.1. The Morgan fingerprint density at radius 2 is 1.91 bits per heavy atom. The van der Waals surface area contributed by atoms with Gasteiger partial charge >= 0.3 is 0 Å². The largest absolute Gasteiger partial charge is 0.490 e. The molecule has 53 heavy (non-hydrogen) atoms. The molecule has 7 rings (SSSR count). The van der Waals surface area contributed by atoms with E-state index < -0.39 is 33.8 Å². The van der Waals surface area contributed by atoms with E-state index in [1.807, 2.05) is 6.07 Å². The smallest absolute Gasteiger partial charge is 0.286 e. The third kappa shape index (κ3) is 7.39. The van der Waals surface area contributed by atoms with Crippen LogP contribution in [0.2, 0.25) is 5.02 Å². The first-order chi connectivity index (χ1) is 25.4. The standard InChI is InChI=1S/C39H46ClN5O7S/c1-24-21-53(48,43-37(47)30-20-44(2)41-38(30)51-5)42-36(46)26-9-13-35-32(18-26)45(19-27-8-11-29(27)34(50-4)15-14-33(24)49-3)22-39(23-52-35)16-6-7-25-17-28(40)10-12-31(25)39/h9-10,12-13,17-18,20,24,27,29,33-34H,6-8,11,16,19,21-23H2,1-5H3,(H,42,43,46,47,48)/t24-,27+,29-,33+,34+,39+,53?/m1/s1. The maximum absolute atomic E-state index is 14.7. The summed E-state index contributed by atoms with van der Waals surface area (Å²) in [5.41, 5.74) is 3.23. The predicted molar refractivity (Wildman–Crippen MR) is 202 cm³/mol.